The van der Waals surface area contributed by atoms with E-state index in [4.69, 9.17) is 10.5 Å². The molecule has 0 bridgehead atoms. The van der Waals surface area contributed by atoms with Crippen LogP contribution in [0.1, 0.15) is 53.0 Å². The maximum Gasteiger partial charge on any atom is 0.410 e. The fourth-order valence-electron chi connectivity index (χ4n) is 6.41. The largest absolute Gasteiger partial charge is 0.445 e. The fraction of sp³-hybridized carbons (Fsp3) is 0.350. The number of nitrogens with two attached hydrogens (primary N) is 1. The Hall–Kier alpha value is -6.03. The van der Waals surface area contributed by atoms with E-state index in [1.807, 2.05) is 67.6 Å². The van der Waals surface area contributed by atoms with Crippen LogP contribution in [0.4, 0.5) is 4.79 Å². The zero-order chi connectivity index (χ0) is 40.2. The quantitative estimate of drug-likeness (QED) is 0.0660. The molecule has 0 saturated carbocycles. The van der Waals surface area contributed by atoms with Crippen molar-refractivity contribution in [2.75, 3.05) is 20.1 Å². The Morgan fingerprint density at radius 3 is 2.30 bits per heavy atom. The summed E-state index contributed by atoms with van der Waals surface area (Å²) in [4.78, 5) is 66.5. The molecular weight excluding hydrogens is 737 g/mol. The highest BCUT2D eigenvalue weighted by molar-refractivity contribution is 7.90. The summed E-state index contributed by atoms with van der Waals surface area (Å²) in [5.74, 6) is -1.58. The lowest BCUT2D eigenvalue weighted by Gasteiger charge is -2.33. The number of benzene rings is 3. The third-order valence-electron chi connectivity index (χ3n) is 9.53. The van der Waals surface area contributed by atoms with E-state index in [1.54, 1.807) is 29.9 Å². The van der Waals surface area contributed by atoms with Crippen molar-refractivity contribution in [1.29, 1.82) is 0 Å². The fourth-order valence-corrected chi connectivity index (χ4v) is 7.36. The average molecular weight is 785 g/mol. The smallest absolute Gasteiger partial charge is 0.410 e. The average Bonchev–Trinajstić information content (AvgIpc) is 3.87. The number of amides is 3. The zero-order valence-electron chi connectivity index (χ0n) is 31.7. The van der Waals surface area contributed by atoms with Crippen molar-refractivity contribution in [1.82, 2.24) is 29.4 Å². The molecule has 4 N–H and O–H groups in total. The molecule has 0 radical (unpaired) electrons. The maximum atomic E-state index is 14.4. The number of likely N-dealkylation sites (tertiary alicyclic amines) is 1. The number of carbonyl (C=O) groups excluding carboxylic acids is 4. The molecule has 1 aromatic heterocycles. The molecule has 296 valence electrons. The molecule has 3 atom stereocenters. The van der Waals surface area contributed by atoms with Gasteiger partial charge in [0.1, 0.15) is 18.7 Å². The van der Waals surface area contributed by atoms with Gasteiger partial charge in [-0.15, -0.1) is 0 Å². The second-order valence-electron chi connectivity index (χ2n) is 13.7. The number of Topliss-reactive ketones (excluding diaryl/α,β-unsaturated/α-hetero) is 1. The first kappa shape index (κ1) is 41.1. The van der Waals surface area contributed by atoms with Crippen LogP contribution in [0, 0.1) is 6.92 Å². The van der Waals surface area contributed by atoms with Gasteiger partial charge in [-0.05, 0) is 55.9 Å². The van der Waals surface area contributed by atoms with Gasteiger partial charge in [-0.1, -0.05) is 78.4 Å². The Morgan fingerprint density at radius 2 is 1.66 bits per heavy atom. The predicted octanol–water partition coefficient (Wildman–Crippen LogP) is 3.34. The Kier molecular flexibility index (Phi) is 14.0. The van der Waals surface area contributed by atoms with Crippen LogP contribution in [0.15, 0.2) is 107 Å². The number of ketones is 1. The zero-order valence-corrected chi connectivity index (χ0v) is 32.5. The Labute approximate surface area is 327 Å². The van der Waals surface area contributed by atoms with Crippen LogP contribution in [-0.2, 0) is 44.4 Å². The van der Waals surface area contributed by atoms with Crippen LogP contribution in [0.25, 0.3) is 0 Å². The summed E-state index contributed by atoms with van der Waals surface area (Å²) in [6, 6.07) is 21.8. The molecule has 2 heterocycles. The Bertz CT molecular complexity index is 2110. The molecule has 4 aromatic rings. The number of nitrogens with one attached hydrogen (secondary N) is 2. The highest BCUT2D eigenvalue weighted by atomic mass is 32.2. The topological polar surface area (TPSA) is 198 Å². The maximum absolute atomic E-state index is 14.4. The minimum Gasteiger partial charge on any atom is -0.445 e. The molecule has 56 heavy (non-hydrogen) atoms. The van der Waals surface area contributed by atoms with E-state index in [-0.39, 0.29) is 55.6 Å². The molecule has 1 aliphatic rings. The van der Waals surface area contributed by atoms with Crippen molar-refractivity contribution in [2.45, 2.75) is 68.7 Å². The summed E-state index contributed by atoms with van der Waals surface area (Å²) in [7, 11) is -0.782. The number of likely N-dealkylation sites (N-methyl/N-ethyl adjacent to an activating group) is 1. The van der Waals surface area contributed by atoms with E-state index in [1.165, 1.54) is 35.2 Å². The summed E-state index contributed by atoms with van der Waals surface area (Å²) in [5.41, 5.74) is 8.42. The Morgan fingerprint density at radius 1 is 1.00 bits per heavy atom. The van der Waals surface area contributed by atoms with E-state index in [2.05, 4.69) is 20.0 Å². The molecule has 1 aliphatic heterocycles. The van der Waals surface area contributed by atoms with E-state index in [0.717, 1.165) is 16.7 Å². The number of aliphatic imine (C=N–C) groups is 1. The van der Waals surface area contributed by atoms with Gasteiger partial charge in [-0.2, -0.15) is 0 Å². The number of guanidine groups is 1. The van der Waals surface area contributed by atoms with Gasteiger partial charge >= 0.3 is 6.09 Å². The summed E-state index contributed by atoms with van der Waals surface area (Å²) in [6.45, 7) is 2.19. The lowest BCUT2D eigenvalue weighted by molar-refractivity contribution is -0.142. The van der Waals surface area contributed by atoms with Crippen molar-refractivity contribution in [3.63, 3.8) is 0 Å². The third kappa shape index (κ3) is 10.8. The first-order valence-electron chi connectivity index (χ1n) is 18.3. The lowest BCUT2D eigenvalue weighted by Crippen LogP contribution is -2.56. The summed E-state index contributed by atoms with van der Waals surface area (Å²) in [5, 5.41) is 2.86. The van der Waals surface area contributed by atoms with Crippen LogP contribution >= 0.6 is 0 Å². The minimum absolute atomic E-state index is 0.0252. The molecule has 1 fully saturated rings. The number of hydrogen-bond donors (Lipinski definition) is 3. The number of hydrogen-bond acceptors (Lipinski definition) is 9. The molecule has 3 aromatic carbocycles. The van der Waals surface area contributed by atoms with Gasteiger partial charge in [0.2, 0.25) is 23.6 Å². The molecule has 1 saturated heterocycles. The van der Waals surface area contributed by atoms with Crippen molar-refractivity contribution in [3.05, 3.63) is 120 Å². The van der Waals surface area contributed by atoms with Gasteiger partial charge < -0.3 is 25.3 Å². The molecule has 15 nitrogen and oxygen atoms in total. The van der Waals surface area contributed by atoms with E-state index in [0.29, 0.717) is 12.8 Å². The second-order valence-corrected chi connectivity index (χ2v) is 15.3. The van der Waals surface area contributed by atoms with Crippen LogP contribution in [-0.4, -0.2) is 95.7 Å². The molecular formula is C40H48N8O7S. The number of nitrogens with zero attached hydrogens (tertiary/aromatic N) is 5. The van der Waals surface area contributed by atoms with E-state index < -0.39 is 51.8 Å². The van der Waals surface area contributed by atoms with E-state index >= 15 is 0 Å². The third-order valence-corrected chi connectivity index (χ3v) is 10.9. The molecule has 0 unspecified atom stereocenters. The van der Waals surface area contributed by atoms with Crippen LogP contribution < -0.4 is 15.8 Å². The van der Waals surface area contributed by atoms with E-state index in [9.17, 15) is 27.6 Å². The van der Waals surface area contributed by atoms with Gasteiger partial charge in [0, 0.05) is 46.0 Å². The van der Waals surface area contributed by atoms with Gasteiger partial charge in [0.25, 0.3) is 10.0 Å². The van der Waals surface area contributed by atoms with Gasteiger partial charge in [-0.25, -0.2) is 22.9 Å². The SMILES string of the molecule is Cc1ccc(S(=O)(=O)NC(N)=NCCC[C@H](NC(=O)[C@@H]2CCCN2C(=O)[C@@H](Cc2ccccc2)N(C)C(=O)OCc2ccccc2)C(=O)c2nccn2C)cc1. The first-order chi connectivity index (χ1) is 26.8. The van der Waals surface area contributed by atoms with Crippen molar-refractivity contribution >= 4 is 39.7 Å². The predicted molar refractivity (Wildman–Crippen MR) is 210 cm³/mol. The molecule has 0 aliphatic carbocycles. The molecule has 16 heteroatoms. The van der Waals surface area contributed by atoms with Crippen LogP contribution in [0.2, 0.25) is 0 Å². The van der Waals surface area contributed by atoms with Crippen LogP contribution in [0.3, 0.4) is 0 Å². The standard InChI is InChI=1S/C40H48N8O7S/c1-28-18-20-31(21-19-28)56(53,54)45-39(41)43-22-10-16-32(35(49)36-42-23-25-46(36)2)44-37(50)33-17-11-24-48(33)38(51)34(26-29-12-6-4-7-13-29)47(3)40(52)55-27-30-14-8-5-9-15-30/h4-9,12-15,18-21,23,25,32-34H,10-11,16-17,22,24,26-27H2,1-3H3,(H,44,50)(H3,41,43,45)/t32-,33-,34+/m0/s1. The minimum atomic E-state index is -3.95. The first-order valence-corrected chi connectivity index (χ1v) is 19.8. The summed E-state index contributed by atoms with van der Waals surface area (Å²) < 4.78 is 34.8. The number of carbonyl (C=O) groups is 4. The number of rotatable bonds is 16. The van der Waals surface area contributed by atoms with Crippen molar-refractivity contribution in [3.8, 4) is 0 Å². The van der Waals surface area contributed by atoms with Crippen LogP contribution in [0.5, 0.6) is 0 Å². The monoisotopic (exact) mass is 784 g/mol. The number of ether oxygens (including phenoxy) is 1. The van der Waals surface area contributed by atoms with Gasteiger partial charge in [0.15, 0.2) is 5.82 Å². The number of aryl methyl sites for hydroxylation is 2. The highest BCUT2D eigenvalue weighted by Crippen LogP contribution is 2.23. The van der Waals surface area contributed by atoms with Crippen molar-refractivity contribution < 1.29 is 32.3 Å². The van der Waals surface area contributed by atoms with Crippen molar-refractivity contribution in [2.24, 2.45) is 17.8 Å². The number of aromatic nitrogens is 2. The van der Waals surface area contributed by atoms with Gasteiger partial charge in [0.05, 0.1) is 10.9 Å². The number of imidazole rings is 1. The second kappa shape index (κ2) is 19.0. The summed E-state index contributed by atoms with van der Waals surface area (Å²) in [6.07, 6.45) is 3.84. The molecule has 3 amide bonds. The normalized spacial score (nSPS) is 15.4. The molecule has 0 spiro atoms. The highest BCUT2D eigenvalue weighted by Gasteiger charge is 2.41. The van der Waals surface area contributed by atoms with Gasteiger partial charge in [-0.3, -0.25) is 24.3 Å². The lowest BCUT2D eigenvalue weighted by atomic mass is 10.0. The summed E-state index contributed by atoms with van der Waals surface area (Å²) >= 11 is 0. The Balaban J connectivity index is 1.28. The molecule has 5 rings (SSSR count). The number of sulfonamides is 1.